The van der Waals surface area contributed by atoms with Crippen LogP contribution in [0.3, 0.4) is 0 Å². The molecule has 1 atom stereocenters. The fraction of sp³-hybridized carbons (Fsp3) is 0.533. The molecule has 1 aliphatic carbocycles. The smallest absolute Gasteiger partial charge is 0.241 e. The average molecular weight is 281 g/mol. The largest absolute Gasteiger partial charge is 0.323 e. The molecule has 104 valence electrons. The highest BCUT2D eigenvalue weighted by Gasteiger charge is 2.21. The van der Waals surface area contributed by atoms with Gasteiger partial charge in [0.15, 0.2) is 0 Å². The summed E-state index contributed by atoms with van der Waals surface area (Å²) in [4.78, 5) is 12.0. The minimum absolute atomic E-state index is 0.140. The Kier molecular flexibility index (Phi) is 5.23. The maximum Gasteiger partial charge on any atom is 0.241 e. The number of halogens is 1. The summed E-state index contributed by atoms with van der Waals surface area (Å²) in [6.07, 6.45) is 7.03. The van der Waals surface area contributed by atoms with Gasteiger partial charge in [0.2, 0.25) is 5.91 Å². The van der Waals surface area contributed by atoms with Crippen LogP contribution in [-0.4, -0.2) is 11.9 Å². The predicted molar refractivity (Wildman–Crippen MR) is 79.2 cm³/mol. The fourth-order valence-electron chi connectivity index (χ4n) is 2.68. The Balaban J connectivity index is 1.87. The third-order valence-electron chi connectivity index (χ3n) is 3.78. The Hall–Kier alpha value is -1.06. The summed E-state index contributed by atoms with van der Waals surface area (Å²) >= 11 is 6.01. The maximum atomic E-state index is 12.0. The Morgan fingerprint density at radius 1 is 1.32 bits per heavy atom. The molecule has 3 nitrogen and oxygen atoms in total. The van der Waals surface area contributed by atoms with Crippen molar-refractivity contribution in [3.05, 3.63) is 29.3 Å². The number of carbonyl (C=O) groups is 1. The first-order valence-electron chi connectivity index (χ1n) is 6.98. The van der Waals surface area contributed by atoms with E-state index < -0.39 is 6.04 Å². The molecule has 0 aromatic heterocycles. The minimum Gasteiger partial charge on any atom is -0.323 e. The Morgan fingerprint density at radius 2 is 2.00 bits per heavy atom. The summed E-state index contributed by atoms with van der Waals surface area (Å²) in [6, 6.07) is 6.77. The van der Waals surface area contributed by atoms with Crippen molar-refractivity contribution < 1.29 is 4.79 Å². The lowest BCUT2D eigenvalue weighted by atomic mass is 9.85. The zero-order valence-corrected chi connectivity index (χ0v) is 11.8. The molecule has 1 unspecified atom stereocenters. The van der Waals surface area contributed by atoms with E-state index in [-0.39, 0.29) is 5.91 Å². The topological polar surface area (TPSA) is 55.1 Å². The van der Waals surface area contributed by atoms with E-state index in [2.05, 4.69) is 5.32 Å². The number of hydrogen-bond donors (Lipinski definition) is 2. The Bertz CT molecular complexity index is 430. The highest BCUT2D eigenvalue weighted by Crippen LogP contribution is 2.27. The molecule has 3 N–H and O–H groups in total. The van der Waals surface area contributed by atoms with E-state index in [9.17, 15) is 4.79 Å². The van der Waals surface area contributed by atoms with Gasteiger partial charge in [0.25, 0.3) is 0 Å². The van der Waals surface area contributed by atoms with Crippen LogP contribution in [0.4, 0.5) is 5.69 Å². The quantitative estimate of drug-likeness (QED) is 0.886. The summed E-state index contributed by atoms with van der Waals surface area (Å²) in [5.74, 6) is 0.458. The van der Waals surface area contributed by atoms with Crippen LogP contribution in [0, 0.1) is 5.92 Å². The van der Waals surface area contributed by atoms with E-state index in [4.69, 9.17) is 17.3 Å². The van der Waals surface area contributed by atoms with Gasteiger partial charge in [-0.1, -0.05) is 55.8 Å². The molecule has 1 aromatic carbocycles. The minimum atomic E-state index is -0.445. The second-order valence-corrected chi connectivity index (χ2v) is 5.72. The molecule has 0 heterocycles. The first-order valence-corrected chi connectivity index (χ1v) is 7.35. The number of nitrogens with two attached hydrogens (primary N) is 1. The first-order chi connectivity index (χ1) is 9.16. The van der Waals surface area contributed by atoms with Gasteiger partial charge in [0.05, 0.1) is 16.8 Å². The normalized spacial score (nSPS) is 18.0. The first kappa shape index (κ1) is 14.4. The van der Waals surface area contributed by atoms with Crippen molar-refractivity contribution in [3.63, 3.8) is 0 Å². The van der Waals surface area contributed by atoms with Crippen LogP contribution in [0.5, 0.6) is 0 Å². The summed E-state index contributed by atoms with van der Waals surface area (Å²) < 4.78 is 0. The van der Waals surface area contributed by atoms with Crippen molar-refractivity contribution in [1.82, 2.24) is 0 Å². The molecule has 4 heteroatoms. The fourth-order valence-corrected chi connectivity index (χ4v) is 2.86. The number of benzene rings is 1. The SMILES string of the molecule is NC(CC1CCCCC1)C(=O)Nc1ccccc1Cl. The monoisotopic (exact) mass is 280 g/mol. The molecule has 0 aliphatic heterocycles. The molecule has 1 fully saturated rings. The van der Waals surface area contributed by atoms with Crippen molar-refractivity contribution >= 4 is 23.2 Å². The molecular formula is C15H21ClN2O. The molecule has 1 aliphatic rings. The third-order valence-corrected chi connectivity index (χ3v) is 4.11. The van der Waals surface area contributed by atoms with E-state index in [0.29, 0.717) is 16.6 Å². The van der Waals surface area contributed by atoms with Crippen LogP contribution >= 0.6 is 11.6 Å². The molecular weight excluding hydrogens is 260 g/mol. The highest BCUT2D eigenvalue weighted by atomic mass is 35.5. The number of anilines is 1. The Labute approximate surface area is 119 Å². The molecule has 0 saturated heterocycles. The van der Waals surface area contributed by atoms with E-state index in [1.165, 1.54) is 32.1 Å². The lowest BCUT2D eigenvalue weighted by Gasteiger charge is -2.24. The van der Waals surface area contributed by atoms with Gasteiger partial charge in [-0.3, -0.25) is 4.79 Å². The van der Waals surface area contributed by atoms with Gasteiger partial charge in [-0.05, 0) is 24.5 Å². The number of amides is 1. The van der Waals surface area contributed by atoms with Gasteiger partial charge >= 0.3 is 0 Å². The average Bonchev–Trinajstić information content (AvgIpc) is 2.42. The van der Waals surface area contributed by atoms with Gasteiger partial charge in [-0.15, -0.1) is 0 Å². The lowest BCUT2D eigenvalue weighted by molar-refractivity contribution is -0.117. The van der Waals surface area contributed by atoms with Crippen LogP contribution < -0.4 is 11.1 Å². The van der Waals surface area contributed by atoms with Crippen LogP contribution in [0.25, 0.3) is 0 Å². The summed E-state index contributed by atoms with van der Waals surface area (Å²) in [5.41, 5.74) is 6.62. The zero-order chi connectivity index (χ0) is 13.7. The maximum absolute atomic E-state index is 12.0. The Morgan fingerprint density at radius 3 is 2.68 bits per heavy atom. The van der Waals surface area contributed by atoms with Crippen molar-refractivity contribution in [2.24, 2.45) is 11.7 Å². The van der Waals surface area contributed by atoms with Crippen molar-refractivity contribution in [3.8, 4) is 0 Å². The van der Waals surface area contributed by atoms with Crippen LogP contribution in [0.2, 0.25) is 5.02 Å². The number of rotatable bonds is 4. The summed E-state index contributed by atoms with van der Waals surface area (Å²) in [7, 11) is 0. The predicted octanol–water partition coefficient (Wildman–Crippen LogP) is 3.58. The van der Waals surface area contributed by atoms with Gasteiger partial charge in [-0.25, -0.2) is 0 Å². The number of hydrogen-bond acceptors (Lipinski definition) is 2. The number of carbonyl (C=O) groups excluding carboxylic acids is 1. The van der Waals surface area contributed by atoms with Crippen LogP contribution in [0.1, 0.15) is 38.5 Å². The molecule has 1 saturated carbocycles. The standard InChI is InChI=1S/C15H21ClN2O/c16-12-8-4-5-9-14(12)18-15(19)13(17)10-11-6-2-1-3-7-11/h4-5,8-9,11,13H,1-3,6-7,10,17H2,(H,18,19). The molecule has 1 aromatic rings. The van der Waals surface area contributed by atoms with Crippen molar-refractivity contribution in [1.29, 1.82) is 0 Å². The van der Waals surface area contributed by atoms with E-state index >= 15 is 0 Å². The van der Waals surface area contributed by atoms with E-state index in [0.717, 1.165) is 6.42 Å². The van der Waals surface area contributed by atoms with Gasteiger partial charge in [0.1, 0.15) is 0 Å². The van der Waals surface area contributed by atoms with Crippen molar-refractivity contribution in [2.45, 2.75) is 44.6 Å². The number of nitrogens with one attached hydrogen (secondary N) is 1. The van der Waals surface area contributed by atoms with Gasteiger partial charge < -0.3 is 11.1 Å². The van der Waals surface area contributed by atoms with E-state index in [1.54, 1.807) is 12.1 Å². The second kappa shape index (κ2) is 6.92. The molecule has 0 bridgehead atoms. The molecule has 2 rings (SSSR count). The van der Waals surface area contributed by atoms with Gasteiger partial charge in [-0.2, -0.15) is 0 Å². The lowest BCUT2D eigenvalue weighted by Crippen LogP contribution is -2.37. The molecule has 0 spiro atoms. The van der Waals surface area contributed by atoms with E-state index in [1.807, 2.05) is 12.1 Å². The number of para-hydroxylation sites is 1. The third kappa shape index (κ3) is 4.22. The van der Waals surface area contributed by atoms with Crippen LogP contribution in [0.15, 0.2) is 24.3 Å². The van der Waals surface area contributed by atoms with Crippen LogP contribution in [-0.2, 0) is 4.79 Å². The zero-order valence-electron chi connectivity index (χ0n) is 11.1. The van der Waals surface area contributed by atoms with Gasteiger partial charge in [0, 0.05) is 0 Å². The molecule has 19 heavy (non-hydrogen) atoms. The molecule has 1 amide bonds. The highest BCUT2D eigenvalue weighted by molar-refractivity contribution is 6.33. The summed E-state index contributed by atoms with van der Waals surface area (Å²) in [5, 5.41) is 3.35. The summed E-state index contributed by atoms with van der Waals surface area (Å²) in [6.45, 7) is 0. The molecule has 0 radical (unpaired) electrons. The van der Waals surface area contributed by atoms with Crippen molar-refractivity contribution in [2.75, 3.05) is 5.32 Å². The second-order valence-electron chi connectivity index (χ2n) is 5.32.